The van der Waals surface area contributed by atoms with Gasteiger partial charge in [0.05, 0.1) is 5.57 Å². The van der Waals surface area contributed by atoms with E-state index in [2.05, 4.69) is 0 Å². The van der Waals surface area contributed by atoms with Crippen LogP contribution in [0.2, 0.25) is 0 Å². The minimum Gasteiger partial charge on any atom is -0.478 e. The van der Waals surface area contributed by atoms with Gasteiger partial charge in [-0.15, -0.1) is 0 Å². The van der Waals surface area contributed by atoms with Crippen molar-refractivity contribution in [2.45, 2.75) is 26.7 Å². The highest BCUT2D eigenvalue weighted by Crippen LogP contribution is 2.28. The van der Waals surface area contributed by atoms with Crippen molar-refractivity contribution in [2.24, 2.45) is 0 Å². The molecule has 0 radical (unpaired) electrons. The van der Waals surface area contributed by atoms with Gasteiger partial charge in [-0.25, -0.2) is 4.79 Å². The maximum Gasteiger partial charge on any atom is 0.335 e. The number of carbonyl (C=O) groups is 1. The number of carboxylic acids is 1. The van der Waals surface area contributed by atoms with Gasteiger partial charge in [0.25, 0.3) is 0 Å². The fourth-order valence-electron chi connectivity index (χ4n) is 1.47. The van der Waals surface area contributed by atoms with Crippen LogP contribution in [0.3, 0.4) is 0 Å². The van der Waals surface area contributed by atoms with Gasteiger partial charge in [-0.2, -0.15) is 0 Å². The van der Waals surface area contributed by atoms with Gasteiger partial charge >= 0.3 is 5.97 Å². The highest BCUT2D eigenvalue weighted by Gasteiger charge is 2.18. The molecule has 70 valence electrons. The minimum absolute atomic E-state index is 0.482. The van der Waals surface area contributed by atoms with E-state index in [0.717, 1.165) is 18.4 Å². The fraction of sp³-hybridized carbons (Fsp3) is 0.364. The summed E-state index contributed by atoms with van der Waals surface area (Å²) in [5.41, 5.74) is 2.64. The zero-order chi connectivity index (χ0) is 9.84. The van der Waals surface area contributed by atoms with Gasteiger partial charge < -0.3 is 5.11 Å². The zero-order valence-corrected chi connectivity index (χ0v) is 8.00. The molecule has 1 aliphatic rings. The number of hydrogen-bond donors (Lipinski definition) is 1. The molecule has 0 amide bonds. The van der Waals surface area contributed by atoms with Gasteiger partial charge in [0.1, 0.15) is 0 Å². The highest BCUT2D eigenvalue weighted by molar-refractivity contribution is 5.93. The molecule has 0 aromatic carbocycles. The second-order valence-electron chi connectivity index (χ2n) is 3.16. The van der Waals surface area contributed by atoms with E-state index >= 15 is 0 Å². The van der Waals surface area contributed by atoms with Crippen LogP contribution in [0.1, 0.15) is 26.7 Å². The maximum atomic E-state index is 10.8. The van der Waals surface area contributed by atoms with Gasteiger partial charge in [0.15, 0.2) is 0 Å². The Hall–Kier alpha value is -1.31. The quantitative estimate of drug-likeness (QED) is 0.674. The van der Waals surface area contributed by atoms with E-state index in [-0.39, 0.29) is 0 Å². The van der Waals surface area contributed by atoms with Crippen molar-refractivity contribution in [1.82, 2.24) is 0 Å². The number of hydrogen-bond acceptors (Lipinski definition) is 1. The predicted octanol–water partition coefficient (Wildman–Crippen LogP) is 2.68. The summed E-state index contributed by atoms with van der Waals surface area (Å²) in [6.45, 7) is 3.93. The highest BCUT2D eigenvalue weighted by atomic mass is 16.4. The van der Waals surface area contributed by atoms with Crippen LogP contribution in [-0.4, -0.2) is 11.1 Å². The molecular weight excluding hydrogens is 164 g/mol. The van der Waals surface area contributed by atoms with E-state index in [1.807, 2.05) is 26.0 Å². The first kappa shape index (κ1) is 9.78. The summed E-state index contributed by atoms with van der Waals surface area (Å²) in [7, 11) is 0. The molecular formula is C11H14O2. The molecule has 0 saturated carbocycles. The summed E-state index contributed by atoms with van der Waals surface area (Å²) in [4.78, 5) is 10.8. The van der Waals surface area contributed by atoms with E-state index in [0.29, 0.717) is 5.57 Å². The van der Waals surface area contributed by atoms with Gasteiger partial charge in [-0.1, -0.05) is 23.8 Å². The van der Waals surface area contributed by atoms with Crippen LogP contribution < -0.4 is 0 Å². The molecule has 0 heterocycles. The van der Waals surface area contributed by atoms with Gasteiger partial charge in [0.2, 0.25) is 0 Å². The zero-order valence-electron chi connectivity index (χ0n) is 8.00. The van der Waals surface area contributed by atoms with Crippen LogP contribution in [0, 0.1) is 0 Å². The van der Waals surface area contributed by atoms with Crippen LogP contribution in [0.5, 0.6) is 0 Å². The van der Waals surface area contributed by atoms with Crippen LogP contribution in [0.25, 0.3) is 0 Å². The lowest BCUT2D eigenvalue weighted by Gasteiger charge is -2.02. The van der Waals surface area contributed by atoms with E-state index in [4.69, 9.17) is 5.11 Å². The van der Waals surface area contributed by atoms with Crippen molar-refractivity contribution in [3.63, 3.8) is 0 Å². The van der Waals surface area contributed by atoms with E-state index in [9.17, 15) is 4.79 Å². The molecule has 0 spiro atoms. The fourth-order valence-corrected chi connectivity index (χ4v) is 1.47. The predicted molar refractivity (Wildman–Crippen MR) is 52.5 cm³/mol. The molecule has 0 aromatic heterocycles. The molecule has 0 aliphatic heterocycles. The molecule has 1 rings (SSSR count). The summed E-state index contributed by atoms with van der Waals surface area (Å²) in [6.07, 6.45) is 7.24. The maximum absolute atomic E-state index is 10.8. The van der Waals surface area contributed by atoms with Crippen molar-refractivity contribution in [3.8, 4) is 0 Å². The van der Waals surface area contributed by atoms with E-state index in [1.165, 1.54) is 5.57 Å². The molecule has 2 nitrogen and oxygen atoms in total. The molecule has 0 atom stereocenters. The summed E-state index contributed by atoms with van der Waals surface area (Å²) in [5.74, 6) is -0.809. The monoisotopic (exact) mass is 178 g/mol. The van der Waals surface area contributed by atoms with Crippen LogP contribution in [-0.2, 0) is 4.79 Å². The van der Waals surface area contributed by atoms with E-state index < -0.39 is 5.97 Å². The third-order valence-electron chi connectivity index (χ3n) is 2.24. The molecule has 0 aromatic rings. The molecule has 1 aliphatic carbocycles. The average Bonchev–Trinajstić information content (AvgIpc) is 2.43. The Bertz CT molecular complexity index is 306. The standard InChI is InChI=1S/C11H14O2/c1-3-4-5-9-8(2)6-7-10(9)11(12)13/h3-4,7H,5-6H2,1-2H3,(H,12,13). The molecule has 0 fully saturated rings. The van der Waals surface area contributed by atoms with Crippen molar-refractivity contribution >= 4 is 5.97 Å². The summed E-state index contributed by atoms with van der Waals surface area (Å²) in [5, 5.41) is 8.87. The second-order valence-corrected chi connectivity index (χ2v) is 3.16. The van der Waals surface area contributed by atoms with Gasteiger partial charge in [-0.05, 0) is 32.3 Å². The third-order valence-corrected chi connectivity index (χ3v) is 2.24. The first-order valence-corrected chi connectivity index (χ1v) is 4.40. The summed E-state index contributed by atoms with van der Waals surface area (Å²) >= 11 is 0. The first-order valence-electron chi connectivity index (χ1n) is 4.40. The molecule has 13 heavy (non-hydrogen) atoms. The first-order chi connectivity index (χ1) is 6.16. The topological polar surface area (TPSA) is 37.3 Å². The lowest BCUT2D eigenvalue weighted by Crippen LogP contribution is -2.01. The Morgan fingerprint density at radius 3 is 2.92 bits per heavy atom. The summed E-state index contributed by atoms with van der Waals surface area (Å²) < 4.78 is 0. The van der Waals surface area contributed by atoms with Crippen molar-refractivity contribution < 1.29 is 9.90 Å². The number of aliphatic carboxylic acids is 1. The Labute approximate surface area is 78.3 Å². The Balaban J connectivity index is 2.84. The number of rotatable bonds is 3. The lowest BCUT2D eigenvalue weighted by molar-refractivity contribution is -0.132. The Kier molecular flexibility index (Phi) is 3.07. The SMILES string of the molecule is CC=CCC1=C(C)CC=C1C(=O)O. The Morgan fingerprint density at radius 2 is 2.38 bits per heavy atom. The largest absolute Gasteiger partial charge is 0.478 e. The van der Waals surface area contributed by atoms with Gasteiger partial charge in [0, 0.05) is 0 Å². The second kappa shape index (κ2) is 4.08. The molecule has 0 saturated heterocycles. The molecule has 1 N–H and O–H groups in total. The van der Waals surface area contributed by atoms with Crippen molar-refractivity contribution in [2.75, 3.05) is 0 Å². The molecule has 0 unspecified atom stereocenters. The smallest absolute Gasteiger partial charge is 0.335 e. The number of carboxylic acid groups (broad SMARTS) is 1. The van der Waals surface area contributed by atoms with Crippen molar-refractivity contribution in [3.05, 3.63) is 34.9 Å². The van der Waals surface area contributed by atoms with E-state index in [1.54, 1.807) is 6.08 Å². The number of allylic oxidation sites excluding steroid dienone is 4. The minimum atomic E-state index is -0.809. The third kappa shape index (κ3) is 2.08. The van der Waals surface area contributed by atoms with Crippen molar-refractivity contribution in [1.29, 1.82) is 0 Å². The molecule has 2 heteroatoms. The van der Waals surface area contributed by atoms with Crippen LogP contribution in [0.4, 0.5) is 0 Å². The summed E-state index contributed by atoms with van der Waals surface area (Å²) in [6, 6.07) is 0. The average molecular weight is 178 g/mol. The lowest BCUT2D eigenvalue weighted by atomic mass is 10.0. The normalized spacial score (nSPS) is 16.9. The molecule has 0 bridgehead atoms. The Morgan fingerprint density at radius 1 is 1.69 bits per heavy atom. The van der Waals surface area contributed by atoms with Crippen LogP contribution >= 0.6 is 0 Å². The van der Waals surface area contributed by atoms with Gasteiger partial charge in [-0.3, -0.25) is 0 Å². The van der Waals surface area contributed by atoms with Crippen LogP contribution in [0.15, 0.2) is 34.9 Å².